The van der Waals surface area contributed by atoms with E-state index in [1.165, 1.54) is 0 Å². The van der Waals surface area contributed by atoms with Gasteiger partial charge >= 0.3 is 0 Å². The zero-order valence-corrected chi connectivity index (χ0v) is 10.2. The Kier molecular flexibility index (Phi) is 2.44. The molecule has 0 aliphatic heterocycles. The Balaban J connectivity index is 2.37. The van der Waals surface area contributed by atoms with Crippen LogP contribution < -0.4 is 5.51 Å². The van der Waals surface area contributed by atoms with Crippen LogP contribution in [0, 0.1) is 0 Å². The second kappa shape index (κ2) is 3.62. The molecule has 2 rings (SSSR count). The molecule has 0 bridgehead atoms. The Labute approximate surface area is 90.2 Å². The predicted octanol–water partition coefficient (Wildman–Crippen LogP) is 2.28. The molecule has 0 spiro atoms. The second-order valence-corrected chi connectivity index (χ2v) is 9.46. The van der Waals surface area contributed by atoms with Gasteiger partial charge in [-0.05, 0) is 12.1 Å². The summed E-state index contributed by atoms with van der Waals surface area (Å²) >= 11 is 0. The fourth-order valence-electron chi connectivity index (χ4n) is 1.22. The molecule has 0 saturated heterocycles. The largest absolute Gasteiger partial charge is 0.426 e. The molecule has 15 heavy (non-hydrogen) atoms. The first-order valence-electron chi connectivity index (χ1n) is 4.97. The standard InChI is InChI=1S/C11H14N2OSi/c1-15(2,3)11-13-12-10(14-11)9-7-5-4-6-8-9/h4-8H,1-3H3. The highest BCUT2D eigenvalue weighted by Crippen LogP contribution is 2.15. The van der Waals surface area contributed by atoms with Gasteiger partial charge in [-0.15, -0.1) is 10.2 Å². The fourth-order valence-corrected chi connectivity index (χ4v) is 1.98. The maximum Gasteiger partial charge on any atom is 0.247 e. The molecule has 0 atom stereocenters. The first kappa shape index (κ1) is 10.1. The van der Waals surface area contributed by atoms with Gasteiger partial charge in [-0.25, -0.2) is 0 Å². The van der Waals surface area contributed by atoms with E-state index in [2.05, 4.69) is 29.8 Å². The molecule has 2 aromatic rings. The van der Waals surface area contributed by atoms with Crippen molar-refractivity contribution in [3.8, 4) is 11.5 Å². The molecule has 0 aliphatic rings. The smallest absolute Gasteiger partial charge is 0.247 e. The molecule has 3 nitrogen and oxygen atoms in total. The molecule has 1 heterocycles. The van der Waals surface area contributed by atoms with Gasteiger partial charge in [-0.3, -0.25) is 0 Å². The first-order valence-corrected chi connectivity index (χ1v) is 8.47. The molecular weight excluding hydrogens is 204 g/mol. The minimum Gasteiger partial charge on any atom is -0.426 e. The van der Waals surface area contributed by atoms with E-state index in [4.69, 9.17) is 4.42 Å². The molecule has 4 heteroatoms. The number of nitrogens with zero attached hydrogens (tertiary/aromatic N) is 2. The molecule has 1 aromatic carbocycles. The van der Waals surface area contributed by atoms with E-state index in [1.54, 1.807) is 0 Å². The highest BCUT2D eigenvalue weighted by atomic mass is 28.3. The zero-order valence-electron chi connectivity index (χ0n) is 9.19. The van der Waals surface area contributed by atoms with Crippen molar-refractivity contribution in [2.24, 2.45) is 0 Å². The number of benzene rings is 1. The van der Waals surface area contributed by atoms with Crippen molar-refractivity contribution in [2.45, 2.75) is 19.6 Å². The topological polar surface area (TPSA) is 38.9 Å². The number of rotatable bonds is 2. The van der Waals surface area contributed by atoms with Crippen LogP contribution in [0.1, 0.15) is 0 Å². The lowest BCUT2D eigenvalue weighted by Gasteiger charge is -2.07. The van der Waals surface area contributed by atoms with Gasteiger partial charge in [0.1, 0.15) is 0 Å². The van der Waals surface area contributed by atoms with E-state index in [0.29, 0.717) is 5.89 Å². The van der Waals surface area contributed by atoms with Gasteiger partial charge in [0, 0.05) is 5.56 Å². The van der Waals surface area contributed by atoms with E-state index in [9.17, 15) is 0 Å². The molecule has 0 unspecified atom stereocenters. The summed E-state index contributed by atoms with van der Waals surface area (Å²) in [6.07, 6.45) is 0. The second-order valence-electron chi connectivity index (χ2n) is 4.53. The van der Waals surface area contributed by atoms with Crippen LogP contribution in [0.15, 0.2) is 34.7 Å². The van der Waals surface area contributed by atoms with Crippen LogP contribution in [0.25, 0.3) is 11.5 Å². The summed E-state index contributed by atoms with van der Waals surface area (Å²) in [7, 11) is -1.49. The average Bonchev–Trinajstić information content (AvgIpc) is 2.67. The van der Waals surface area contributed by atoms with Crippen molar-refractivity contribution in [3.05, 3.63) is 30.3 Å². The first-order chi connectivity index (χ1) is 7.07. The van der Waals surface area contributed by atoms with Crippen LogP contribution in [0.4, 0.5) is 0 Å². The monoisotopic (exact) mass is 218 g/mol. The van der Waals surface area contributed by atoms with Crippen LogP contribution in [0.2, 0.25) is 19.6 Å². The van der Waals surface area contributed by atoms with E-state index in [0.717, 1.165) is 11.1 Å². The van der Waals surface area contributed by atoms with Crippen molar-refractivity contribution in [2.75, 3.05) is 0 Å². The number of aromatic nitrogens is 2. The van der Waals surface area contributed by atoms with Gasteiger partial charge < -0.3 is 4.42 Å². The van der Waals surface area contributed by atoms with Gasteiger partial charge in [-0.1, -0.05) is 37.8 Å². The summed E-state index contributed by atoms with van der Waals surface area (Å²) in [5, 5.41) is 8.18. The molecular formula is C11H14N2OSi. The fraction of sp³-hybridized carbons (Fsp3) is 0.273. The Bertz CT molecular complexity index is 445. The molecule has 0 saturated carbocycles. The van der Waals surface area contributed by atoms with Gasteiger partial charge in [0.2, 0.25) is 5.89 Å². The molecule has 0 radical (unpaired) electrons. The predicted molar refractivity (Wildman–Crippen MR) is 62.7 cm³/mol. The van der Waals surface area contributed by atoms with Gasteiger partial charge in [0.05, 0.1) is 0 Å². The molecule has 0 fully saturated rings. The molecule has 78 valence electrons. The van der Waals surface area contributed by atoms with Crippen LogP contribution in [-0.2, 0) is 0 Å². The summed E-state index contributed by atoms with van der Waals surface area (Å²) in [5.74, 6) is 0.619. The quantitative estimate of drug-likeness (QED) is 0.726. The van der Waals surface area contributed by atoms with Crippen molar-refractivity contribution in [3.63, 3.8) is 0 Å². The molecule has 1 aromatic heterocycles. The summed E-state index contributed by atoms with van der Waals surface area (Å²) in [6, 6.07) is 9.85. The van der Waals surface area contributed by atoms with Gasteiger partial charge in [0.15, 0.2) is 13.6 Å². The Morgan fingerprint density at radius 1 is 1.00 bits per heavy atom. The third-order valence-corrected chi connectivity index (χ3v) is 3.57. The van der Waals surface area contributed by atoms with Crippen LogP contribution in [0.3, 0.4) is 0 Å². The minimum absolute atomic E-state index is 0.619. The Hall–Kier alpha value is -1.42. The van der Waals surface area contributed by atoms with Crippen molar-refractivity contribution in [1.29, 1.82) is 0 Å². The Morgan fingerprint density at radius 3 is 2.20 bits per heavy atom. The van der Waals surface area contributed by atoms with E-state index < -0.39 is 8.07 Å². The Morgan fingerprint density at radius 2 is 1.67 bits per heavy atom. The summed E-state index contributed by atoms with van der Waals surface area (Å²) < 4.78 is 5.67. The van der Waals surface area contributed by atoms with E-state index in [-0.39, 0.29) is 0 Å². The van der Waals surface area contributed by atoms with Gasteiger partial charge in [-0.2, -0.15) is 0 Å². The van der Waals surface area contributed by atoms with E-state index >= 15 is 0 Å². The normalized spacial score (nSPS) is 11.7. The maximum atomic E-state index is 5.67. The maximum absolute atomic E-state index is 5.67. The third kappa shape index (κ3) is 2.15. The average molecular weight is 218 g/mol. The molecule has 0 amide bonds. The van der Waals surface area contributed by atoms with Crippen molar-refractivity contribution < 1.29 is 4.42 Å². The van der Waals surface area contributed by atoms with Crippen LogP contribution in [-0.4, -0.2) is 18.3 Å². The minimum atomic E-state index is -1.49. The lowest BCUT2D eigenvalue weighted by molar-refractivity contribution is 0.600. The van der Waals surface area contributed by atoms with Crippen molar-refractivity contribution >= 4 is 13.6 Å². The summed E-state index contributed by atoms with van der Waals surface area (Å²) in [4.78, 5) is 0. The van der Waals surface area contributed by atoms with Crippen molar-refractivity contribution in [1.82, 2.24) is 10.2 Å². The third-order valence-electron chi connectivity index (χ3n) is 2.09. The lowest BCUT2D eigenvalue weighted by atomic mass is 10.2. The van der Waals surface area contributed by atoms with Gasteiger partial charge in [0.25, 0.3) is 0 Å². The van der Waals surface area contributed by atoms with E-state index in [1.807, 2.05) is 30.3 Å². The zero-order chi connectivity index (χ0) is 10.9. The SMILES string of the molecule is C[Si](C)(C)c1nnc(-c2ccccc2)o1. The number of hydrogen-bond donors (Lipinski definition) is 0. The van der Waals surface area contributed by atoms with Crippen LogP contribution in [0.5, 0.6) is 0 Å². The molecule has 0 aliphatic carbocycles. The molecule has 0 N–H and O–H groups in total. The number of hydrogen-bond acceptors (Lipinski definition) is 3. The lowest BCUT2D eigenvalue weighted by Crippen LogP contribution is -2.38. The highest BCUT2D eigenvalue weighted by Gasteiger charge is 2.24. The summed E-state index contributed by atoms with van der Waals surface area (Å²) in [6.45, 7) is 6.57. The highest BCUT2D eigenvalue weighted by molar-refractivity contribution is 6.87. The summed E-state index contributed by atoms with van der Waals surface area (Å²) in [5.41, 5.74) is 1.79. The van der Waals surface area contributed by atoms with Crippen LogP contribution >= 0.6 is 0 Å².